The molecule has 0 unspecified atom stereocenters. The highest BCUT2D eigenvalue weighted by Crippen LogP contribution is 2.19. The van der Waals surface area contributed by atoms with Gasteiger partial charge < -0.3 is 4.90 Å². The van der Waals surface area contributed by atoms with Gasteiger partial charge in [-0.2, -0.15) is 0 Å². The van der Waals surface area contributed by atoms with Crippen molar-refractivity contribution in [2.75, 3.05) is 23.8 Å². The number of rotatable bonds is 4. The number of anilines is 2. The Kier molecular flexibility index (Phi) is 4.65. The minimum atomic E-state index is -0.236. The summed E-state index contributed by atoms with van der Waals surface area (Å²) in [7, 11) is 3.30. The maximum absolute atomic E-state index is 11.6. The molecule has 6 nitrogen and oxygen atoms in total. The maximum atomic E-state index is 11.6. The van der Waals surface area contributed by atoms with E-state index in [4.69, 9.17) is 0 Å². The van der Waals surface area contributed by atoms with Crippen LogP contribution in [0.1, 0.15) is 0 Å². The molecule has 3 amide bonds. The summed E-state index contributed by atoms with van der Waals surface area (Å²) >= 11 is 4.11. The molecule has 2 N–H and O–H groups in total. The van der Waals surface area contributed by atoms with E-state index in [0.29, 0.717) is 17.8 Å². The second-order valence-electron chi connectivity index (χ2n) is 3.42. The zero-order valence-corrected chi connectivity index (χ0v) is 10.4. The van der Waals surface area contributed by atoms with Gasteiger partial charge in [0.05, 0.1) is 11.4 Å². The van der Waals surface area contributed by atoms with E-state index in [1.807, 2.05) is 0 Å². The van der Waals surface area contributed by atoms with E-state index in [2.05, 4.69) is 23.7 Å². The normalized spacial score (nSPS) is 9.35. The average Bonchev–Trinajstić information content (AvgIpc) is 2.35. The summed E-state index contributed by atoms with van der Waals surface area (Å²) in [6.07, 6.45) is 0.536. The monoisotopic (exact) mass is 254 g/mol. The van der Waals surface area contributed by atoms with Gasteiger partial charge in [-0.25, -0.2) is 9.10 Å². The molecular weight excluding hydrogens is 240 g/mol. The first kappa shape index (κ1) is 13.2. The molecule has 0 heterocycles. The molecule has 0 saturated heterocycles. The van der Waals surface area contributed by atoms with Gasteiger partial charge in [0, 0.05) is 14.1 Å². The first-order chi connectivity index (χ1) is 8.06. The fourth-order valence-corrected chi connectivity index (χ4v) is 1.41. The second kappa shape index (κ2) is 6.00. The van der Waals surface area contributed by atoms with Crippen LogP contribution in [0.5, 0.6) is 0 Å². The standard InChI is InChI=1S/C10H14N4O2S/c1-13(2)10(16)14(17)9-5-3-8(4-6-9)12-11-7-15/h3-7,12,17H,1-2H3,(H,11,15). The minimum absolute atomic E-state index is 0.236. The predicted octanol–water partition coefficient (Wildman–Crippen LogP) is 1.09. The molecule has 1 aromatic rings. The molecule has 0 saturated carbocycles. The zero-order valence-electron chi connectivity index (χ0n) is 9.54. The van der Waals surface area contributed by atoms with Crippen molar-refractivity contribution in [2.45, 2.75) is 0 Å². The van der Waals surface area contributed by atoms with E-state index in [9.17, 15) is 9.59 Å². The van der Waals surface area contributed by atoms with Gasteiger partial charge >= 0.3 is 6.03 Å². The summed E-state index contributed by atoms with van der Waals surface area (Å²) < 4.78 is 1.23. The summed E-state index contributed by atoms with van der Waals surface area (Å²) in [5.41, 5.74) is 6.32. The van der Waals surface area contributed by atoms with Crippen molar-refractivity contribution in [2.24, 2.45) is 0 Å². The average molecular weight is 254 g/mol. The third-order valence-corrected chi connectivity index (χ3v) is 2.35. The molecule has 0 spiro atoms. The molecule has 0 radical (unpaired) electrons. The van der Waals surface area contributed by atoms with Crippen molar-refractivity contribution in [1.29, 1.82) is 0 Å². The second-order valence-corrected chi connectivity index (χ2v) is 3.82. The van der Waals surface area contributed by atoms with Gasteiger partial charge in [0.15, 0.2) is 0 Å². The number of benzene rings is 1. The molecule has 0 aromatic heterocycles. The van der Waals surface area contributed by atoms with Crippen LogP contribution in [0.25, 0.3) is 0 Å². The summed E-state index contributed by atoms with van der Waals surface area (Å²) in [5.74, 6) is 0. The van der Waals surface area contributed by atoms with Gasteiger partial charge in [-0.3, -0.25) is 15.6 Å². The van der Waals surface area contributed by atoms with Gasteiger partial charge in [0.1, 0.15) is 0 Å². The van der Waals surface area contributed by atoms with Crippen molar-refractivity contribution < 1.29 is 9.59 Å². The summed E-state index contributed by atoms with van der Waals surface area (Å²) in [5, 5.41) is 0. The molecule has 0 aliphatic carbocycles. The van der Waals surface area contributed by atoms with Crippen LogP contribution in [-0.2, 0) is 4.79 Å². The maximum Gasteiger partial charge on any atom is 0.334 e. The van der Waals surface area contributed by atoms with Crippen LogP contribution < -0.4 is 15.2 Å². The van der Waals surface area contributed by atoms with E-state index < -0.39 is 0 Å². The zero-order chi connectivity index (χ0) is 12.8. The Labute approximate surface area is 105 Å². The lowest BCUT2D eigenvalue weighted by atomic mass is 10.3. The number of hydrogen-bond donors (Lipinski definition) is 3. The molecular formula is C10H14N4O2S. The van der Waals surface area contributed by atoms with Crippen molar-refractivity contribution in [1.82, 2.24) is 10.3 Å². The van der Waals surface area contributed by atoms with Gasteiger partial charge in [0.2, 0.25) is 6.41 Å². The number of nitrogens with zero attached hydrogens (tertiary/aromatic N) is 2. The van der Waals surface area contributed by atoms with Crippen molar-refractivity contribution in [3.63, 3.8) is 0 Å². The number of thiol groups is 1. The Morgan fingerprint density at radius 2 is 1.88 bits per heavy atom. The first-order valence-electron chi connectivity index (χ1n) is 4.82. The van der Waals surface area contributed by atoms with Gasteiger partial charge in [-0.05, 0) is 24.3 Å². The molecule has 0 atom stereocenters. The summed E-state index contributed by atoms with van der Waals surface area (Å²) in [4.78, 5) is 23.1. The molecule has 0 fully saturated rings. The molecule has 7 heteroatoms. The topological polar surface area (TPSA) is 64.7 Å². The quantitative estimate of drug-likeness (QED) is 0.428. The Balaban J connectivity index is 2.73. The fraction of sp³-hybridized carbons (Fsp3) is 0.200. The lowest BCUT2D eigenvalue weighted by Crippen LogP contribution is -2.32. The van der Waals surface area contributed by atoms with Crippen LogP contribution in [-0.4, -0.2) is 31.4 Å². The highest BCUT2D eigenvalue weighted by molar-refractivity contribution is 7.82. The number of hydrogen-bond acceptors (Lipinski definition) is 4. The Bertz CT molecular complexity index is 394. The lowest BCUT2D eigenvalue weighted by Gasteiger charge is -2.20. The molecule has 0 bridgehead atoms. The van der Waals surface area contributed by atoms with Gasteiger partial charge in [-0.1, -0.05) is 12.8 Å². The van der Waals surface area contributed by atoms with Crippen LogP contribution >= 0.6 is 12.8 Å². The van der Waals surface area contributed by atoms with Crippen molar-refractivity contribution in [3.8, 4) is 0 Å². The van der Waals surface area contributed by atoms with E-state index in [0.717, 1.165) is 0 Å². The Morgan fingerprint density at radius 3 is 2.35 bits per heavy atom. The molecule has 1 rings (SSSR count). The highest BCUT2D eigenvalue weighted by atomic mass is 32.1. The number of hydrazine groups is 1. The number of nitrogens with one attached hydrogen (secondary N) is 2. The molecule has 0 aliphatic rings. The Morgan fingerprint density at radius 1 is 1.29 bits per heavy atom. The largest absolute Gasteiger partial charge is 0.334 e. The SMILES string of the molecule is CN(C)C(=O)N(S)c1ccc(NNC=O)cc1. The summed E-state index contributed by atoms with van der Waals surface area (Å²) in [6.45, 7) is 0. The van der Waals surface area contributed by atoms with Crippen LogP contribution in [0.15, 0.2) is 24.3 Å². The number of carbonyl (C=O) groups is 2. The Hall–Kier alpha value is -1.89. The molecule has 92 valence electrons. The van der Waals surface area contributed by atoms with E-state index in [-0.39, 0.29) is 6.03 Å². The van der Waals surface area contributed by atoms with E-state index in [1.165, 1.54) is 9.21 Å². The van der Waals surface area contributed by atoms with Crippen LogP contribution in [0.2, 0.25) is 0 Å². The van der Waals surface area contributed by atoms with Crippen LogP contribution in [0.3, 0.4) is 0 Å². The highest BCUT2D eigenvalue weighted by Gasteiger charge is 2.13. The van der Waals surface area contributed by atoms with Crippen molar-refractivity contribution >= 4 is 36.6 Å². The summed E-state index contributed by atoms with van der Waals surface area (Å²) in [6, 6.07) is 6.63. The van der Waals surface area contributed by atoms with Crippen LogP contribution in [0, 0.1) is 0 Å². The van der Waals surface area contributed by atoms with E-state index in [1.54, 1.807) is 38.4 Å². The molecule has 17 heavy (non-hydrogen) atoms. The third kappa shape index (κ3) is 3.56. The lowest BCUT2D eigenvalue weighted by molar-refractivity contribution is -0.109. The molecule has 0 aliphatic heterocycles. The number of carbonyl (C=O) groups excluding carboxylic acids is 2. The van der Waals surface area contributed by atoms with E-state index >= 15 is 0 Å². The predicted molar refractivity (Wildman–Crippen MR) is 69.8 cm³/mol. The first-order valence-corrected chi connectivity index (χ1v) is 5.22. The minimum Gasteiger partial charge on any atom is -0.330 e. The smallest absolute Gasteiger partial charge is 0.330 e. The fourth-order valence-electron chi connectivity index (χ4n) is 1.10. The number of amides is 3. The van der Waals surface area contributed by atoms with Crippen LogP contribution in [0.4, 0.5) is 16.2 Å². The van der Waals surface area contributed by atoms with Gasteiger partial charge in [-0.15, -0.1) is 0 Å². The number of urea groups is 1. The van der Waals surface area contributed by atoms with Crippen molar-refractivity contribution in [3.05, 3.63) is 24.3 Å². The van der Waals surface area contributed by atoms with Gasteiger partial charge in [0.25, 0.3) is 0 Å². The third-order valence-electron chi connectivity index (χ3n) is 1.95. The molecule has 1 aromatic carbocycles.